The summed E-state index contributed by atoms with van der Waals surface area (Å²) in [7, 11) is 1.33. The quantitative estimate of drug-likeness (QED) is 0.773. The van der Waals surface area contributed by atoms with E-state index in [4.69, 9.17) is 4.74 Å². The number of hydrogen-bond donors (Lipinski definition) is 1. The van der Waals surface area contributed by atoms with Crippen LogP contribution in [0.25, 0.3) is 6.08 Å². The molecule has 25 heavy (non-hydrogen) atoms. The molecule has 0 aliphatic rings. The van der Waals surface area contributed by atoms with Gasteiger partial charge in [-0.05, 0) is 41.5 Å². The molecular weight excluding hydrogens is 335 g/mol. The molecule has 7 heteroatoms. The van der Waals surface area contributed by atoms with E-state index in [1.54, 1.807) is 24.3 Å². The number of halogens is 3. The molecule has 0 fully saturated rings. The number of amides is 1. The predicted molar refractivity (Wildman–Crippen MR) is 86.9 cm³/mol. The molecule has 0 saturated heterocycles. The van der Waals surface area contributed by atoms with Gasteiger partial charge in [0.15, 0.2) is 11.5 Å². The number of hydrogen-bond acceptors (Lipinski definition) is 3. The zero-order valence-corrected chi connectivity index (χ0v) is 13.3. The molecule has 1 amide bonds. The van der Waals surface area contributed by atoms with E-state index in [-0.39, 0.29) is 29.8 Å². The summed E-state index contributed by atoms with van der Waals surface area (Å²) in [6.07, 6.45) is 2.87. The minimum Gasteiger partial charge on any atom is -0.493 e. The lowest BCUT2D eigenvalue weighted by molar-refractivity contribution is -0.116. The van der Waals surface area contributed by atoms with Gasteiger partial charge in [0.25, 0.3) is 0 Å². The van der Waals surface area contributed by atoms with Crippen molar-refractivity contribution in [2.75, 3.05) is 7.11 Å². The molecule has 0 aliphatic carbocycles. The Bertz CT molecular complexity index is 746. The number of rotatable bonds is 7. The molecule has 0 spiro atoms. The van der Waals surface area contributed by atoms with E-state index in [2.05, 4.69) is 10.1 Å². The third kappa shape index (κ3) is 5.87. The molecular formula is C18H16F3NO3. The summed E-state index contributed by atoms with van der Waals surface area (Å²) in [5.41, 5.74) is 1.34. The lowest BCUT2D eigenvalue weighted by atomic mass is 10.2. The van der Waals surface area contributed by atoms with Gasteiger partial charge in [-0.1, -0.05) is 18.2 Å². The van der Waals surface area contributed by atoms with E-state index in [0.717, 1.165) is 0 Å². The molecule has 0 radical (unpaired) electrons. The first-order chi connectivity index (χ1) is 12.0. The van der Waals surface area contributed by atoms with Crippen LogP contribution in [0.2, 0.25) is 0 Å². The predicted octanol–water partition coefficient (Wildman–Crippen LogP) is 3.77. The highest BCUT2D eigenvalue weighted by atomic mass is 19.3. The molecule has 2 aromatic rings. The maximum absolute atomic E-state index is 12.8. The van der Waals surface area contributed by atoms with Crippen molar-refractivity contribution in [1.29, 1.82) is 0 Å². The third-order valence-corrected chi connectivity index (χ3v) is 3.21. The topological polar surface area (TPSA) is 47.6 Å². The molecule has 1 N–H and O–H groups in total. The van der Waals surface area contributed by atoms with Crippen molar-refractivity contribution in [3.05, 3.63) is 65.5 Å². The van der Waals surface area contributed by atoms with Gasteiger partial charge in [-0.25, -0.2) is 4.39 Å². The van der Waals surface area contributed by atoms with Gasteiger partial charge >= 0.3 is 6.61 Å². The van der Waals surface area contributed by atoms with Crippen molar-refractivity contribution in [2.24, 2.45) is 0 Å². The second-order valence-electron chi connectivity index (χ2n) is 4.97. The molecule has 0 unspecified atom stereocenters. The zero-order chi connectivity index (χ0) is 18.2. The Hall–Kier alpha value is -2.96. The van der Waals surface area contributed by atoms with Gasteiger partial charge in [0, 0.05) is 12.6 Å². The van der Waals surface area contributed by atoms with Crippen molar-refractivity contribution in [3.63, 3.8) is 0 Å². The number of benzene rings is 2. The maximum Gasteiger partial charge on any atom is 0.387 e. The highest BCUT2D eigenvalue weighted by Crippen LogP contribution is 2.29. The number of carbonyl (C=O) groups is 1. The van der Waals surface area contributed by atoms with Crippen LogP contribution in [0.1, 0.15) is 11.1 Å². The number of alkyl halides is 2. The molecule has 0 aromatic heterocycles. The summed E-state index contributed by atoms with van der Waals surface area (Å²) >= 11 is 0. The molecule has 0 saturated carbocycles. The Kier molecular flexibility index (Phi) is 6.45. The number of nitrogens with one attached hydrogen (secondary N) is 1. The van der Waals surface area contributed by atoms with Crippen LogP contribution in [0.15, 0.2) is 48.5 Å². The third-order valence-electron chi connectivity index (χ3n) is 3.21. The summed E-state index contributed by atoms with van der Waals surface area (Å²) in [4.78, 5) is 11.8. The summed E-state index contributed by atoms with van der Waals surface area (Å²) in [5.74, 6) is -0.635. The molecule has 0 aliphatic heterocycles. The highest BCUT2D eigenvalue weighted by Gasteiger charge is 2.11. The van der Waals surface area contributed by atoms with Crippen molar-refractivity contribution in [3.8, 4) is 11.5 Å². The van der Waals surface area contributed by atoms with Crippen LogP contribution in [-0.2, 0) is 11.3 Å². The lowest BCUT2D eigenvalue weighted by Crippen LogP contribution is -2.20. The summed E-state index contributed by atoms with van der Waals surface area (Å²) in [5, 5.41) is 2.65. The zero-order valence-electron chi connectivity index (χ0n) is 13.3. The van der Waals surface area contributed by atoms with Gasteiger partial charge in [0.1, 0.15) is 5.82 Å². The molecule has 4 nitrogen and oxygen atoms in total. The first kappa shape index (κ1) is 18.4. The van der Waals surface area contributed by atoms with Gasteiger partial charge in [-0.3, -0.25) is 4.79 Å². The summed E-state index contributed by atoms with van der Waals surface area (Å²) in [6.45, 7) is -2.77. The Morgan fingerprint density at radius 3 is 2.52 bits per heavy atom. The average Bonchev–Trinajstić information content (AvgIpc) is 2.60. The van der Waals surface area contributed by atoms with E-state index < -0.39 is 6.61 Å². The fourth-order valence-electron chi connectivity index (χ4n) is 2.01. The van der Waals surface area contributed by atoms with Gasteiger partial charge in [-0.15, -0.1) is 0 Å². The SMILES string of the molecule is COc1cc(CNC(=O)/C=C/c2ccc(F)cc2)ccc1OC(F)F. The Balaban J connectivity index is 1.93. The van der Waals surface area contributed by atoms with Crippen molar-refractivity contribution < 1.29 is 27.4 Å². The van der Waals surface area contributed by atoms with Gasteiger partial charge in [-0.2, -0.15) is 8.78 Å². The van der Waals surface area contributed by atoms with Gasteiger partial charge < -0.3 is 14.8 Å². The minimum atomic E-state index is -2.95. The monoisotopic (exact) mass is 351 g/mol. The van der Waals surface area contributed by atoms with Crippen LogP contribution in [0.3, 0.4) is 0 Å². The average molecular weight is 351 g/mol. The summed E-state index contributed by atoms with van der Waals surface area (Å²) < 4.78 is 46.7. The molecule has 0 heterocycles. The Morgan fingerprint density at radius 1 is 1.16 bits per heavy atom. The number of methoxy groups -OCH3 is 1. The maximum atomic E-state index is 12.8. The smallest absolute Gasteiger partial charge is 0.387 e. The molecule has 0 bridgehead atoms. The van der Waals surface area contributed by atoms with Crippen LogP contribution in [0.4, 0.5) is 13.2 Å². The fraction of sp³-hybridized carbons (Fsp3) is 0.167. The van der Waals surface area contributed by atoms with Crippen LogP contribution in [-0.4, -0.2) is 19.6 Å². The van der Waals surface area contributed by atoms with E-state index >= 15 is 0 Å². The Labute approximate surface area is 142 Å². The molecule has 0 atom stereocenters. The highest BCUT2D eigenvalue weighted by molar-refractivity contribution is 5.91. The lowest BCUT2D eigenvalue weighted by Gasteiger charge is -2.11. The largest absolute Gasteiger partial charge is 0.493 e. The Morgan fingerprint density at radius 2 is 1.88 bits per heavy atom. The molecule has 2 aromatic carbocycles. The van der Waals surface area contributed by atoms with E-state index in [1.165, 1.54) is 37.5 Å². The van der Waals surface area contributed by atoms with Gasteiger partial charge in [0.2, 0.25) is 5.91 Å². The van der Waals surface area contributed by atoms with Crippen LogP contribution >= 0.6 is 0 Å². The number of carbonyl (C=O) groups excluding carboxylic acids is 1. The van der Waals surface area contributed by atoms with Crippen molar-refractivity contribution >= 4 is 12.0 Å². The second-order valence-corrected chi connectivity index (χ2v) is 4.97. The number of ether oxygens (including phenoxy) is 2. The second kappa shape index (κ2) is 8.77. The van der Waals surface area contributed by atoms with E-state index in [1.807, 2.05) is 0 Å². The molecule has 132 valence electrons. The molecule has 2 rings (SSSR count). The first-order valence-corrected chi connectivity index (χ1v) is 7.31. The van der Waals surface area contributed by atoms with E-state index in [9.17, 15) is 18.0 Å². The van der Waals surface area contributed by atoms with Crippen LogP contribution in [0.5, 0.6) is 11.5 Å². The van der Waals surface area contributed by atoms with Crippen molar-refractivity contribution in [2.45, 2.75) is 13.2 Å². The fourth-order valence-corrected chi connectivity index (χ4v) is 2.01. The summed E-state index contributed by atoms with van der Waals surface area (Å²) in [6, 6.07) is 10.1. The normalized spacial score (nSPS) is 10.9. The van der Waals surface area contributed by atoms with Crippen LogP contribution in [0, 0.1) is 5.82 Å². The standard InChI is InChI=1S/C18H16F3NO3/c1-24-16-10-13(4-8-15(16)25-18(20)21)11-22-17(23)9-5-12-2-6-14(19)7-3-12/h2-10,18H,11H2,1H3,(H,22,23)/b9-5+. The minimum absolute atomic E-state index is 0.0798. The first-order valence-electron chi connectivity index (χ1n) is 7.31. The van der Waals surface area contributed by atoms with Crippen molar-refractivity contribution in [1.82, 2.24) is 5.32 Å². The van der Waals surface area contributed by atoms with Gasteiger partial charge in [0.05, 0.1) is 7.11 Å². The van der Waals surface area contributed by atoms with Crippen LogP contribution < -0.4 is 14.8 Å². The van der Waals surface area contributed by atoms with E-state index in [0.29, 0.717) is 11.1 Å².